The van der Waals surface area contributed by atoms with Crippen LogP contribution >= 0.6 is 0 Å². The molecule has 1 saturated heterocycles. The smallest absolute Gasteiger partial charge is 0.315 e. The number of carbonyl (C=O) groups is 3. The highest BCUT2D eigenvalue weighted by molar-refractivity contribution is 6.02. The Labute approximate surface area is 129 Å². The van der Waals surface area contributed by atoms with Gasteiger partial charge in [-0.15, -0.1) is 0 Å². The van der Waals surface area contributed by atoms with E-state index >= 15 is 0 Å². The molecule has 6 nitrogen and oxygen atoms in total. The predicted molar refractivity (Wildman–Crippen MR) is 81.4 cm³/mol. The van der Waals surface area contributed by atoms with Crippen LogP contribution in [-0.2, 0) is 14.4 Å². The number of benzene rings is 1. The van der Waals surface area contributed by atoms with E-state index in [1.54, 1.807) is 4.90 Å². The van der Waals surface area contributed by atoms with Crippen molar-refractivity contribution in [2.75, 3.05) is 18.5 Å². The number of carboxylic acid groups (broad SMARTS) is 1. The van der Waals surface area contributed by atoms with Crippen molar-refractivity contribution in [3.63, 3.8) is 0 Å². The van der Waals surface area contributed by atoms with Gasteiger partial charge in [-0.05, 0) is 31.9 Å². The van der Waals surface area contributed by atoms with E-state index in [1.165, 1.54) is 18.9 Å². The maximum atomic E-state index is 12.6. The zero-order valence-electron chi connectivity index (χ0n) is 12.7. The van der Waals surface area contributed by atoms with Crippen molar-refractivity contribution >= 4 is 23.5 Å². The summed E-state index contributed by atoms with van der Waals surface area (Å²) in [6, 6.07) is 8.67. The topological polar surface area (TPSA) is 77.9 Å². The third-order valence-electron chi connectivity index (χ3n) is 4.03. The van der Waals surface area contributed by atoms with Crippen molar-refractivity contribution in [3.05, 3.63) is 30.3 Å². The molecule has 1 aromatic rings. The quantitative estimate of drug-likeness (QED) is 0.852. The van der Waals surface area contributed by atoms with Crippen molar-refractivity contribution < 1.29 is 19.5 Å². The van der Waals surface area contributed by atoms with Crippen molar-refractivity contribution in [3.8, 4) is 0 Å². The van der Waals surface area contributed by atoms with Gasteiger partial charge in [0.15, 0.2) is 0 Å². The zero-order chi connectivity index (χ0) is 16.3. The Morgan fingerprint density at radius 3 is 2.55 bits per heavy atom. The van der Waals surface area contributed by atoms with Gasteiger partial charge in [-0.1, -0.05) is 18.2 Å². The first-order valence-electron chi connectivity index (χ1n) is 7.29. The molecule has 0 aliphatic carbocycles. The summed E-state index contributed by atoms with van der Waals surface area (Å²) in [6.07, 6.45) is 1.32. The number of aliphatic carboxylic acids is 1. The highest BCUT2D eigenvalue weighted by Gasteiger charge is 2.36. The van der Waals surface area contributed by atoms with Crippen LogP contribution < -0.4 is 4.90 Å². The lowest BCUT2D eigenvalue weighted by atomic mass is 10.0. The summed E-state index contributed by atoms with van der Waals surface area (Å²) in [4.78, 5) is 38.7. The van der Waals surface area contributed by atoms with Gasteiger partial charge < -0.3 is 14.9 Å². The molecule has 22 heavy (non-hydrogen) atoms. The van der Waals surface area contributed by atoms with E-state index in [2.05, 4.69) is 0 Å². The standard InChI is InChI=1S/C16H20N2O4/c1-11(16(21)22)14(19)17(2)13-9-6-10-18(15(13)20)12-7-4-3-5-8-12/h3-5,7-8,11,13H,6,9-10H2,1-2H3,(H,21,22)/t11-,13+/m0/s1. The van der Waals surface area contributed by atoms with Gasteiger partial charge in [0.25, 0.3) is 0 Å². The number of nitrogens with zero attached hydrogens (tertiary/aromatic N) is 2. The molecule has 0 bridgehead atoms. The average Bonchev–Trinajstić information content (AvgIpc) is 2.53. The van der Waals surface area contributed by atoms with Gasteiger partial charge in [0, 0.05) is 19.3 Å². The van der Waals surface area contributed by atoms with E-state index in [-0.39, 0.29) is 5.91 Å². The molecule has 1 fully saturated rings. The van der Waals surface area contributed by atoms with Crippen molar-refractivity contribution in [2.45, 2.75) is 25.8 Å². The van der Waals surface area contributed by atoms with Crippen molar-refractivity contribution in [1.29, 1.82) is 0 Å². The Morgan fingerprint density at radius 2 is 1.95 bits per heavy atom. The summed E-state index contributed by atoms with van der Waals surface area (Å²) in [7, 11) is 1.50. The number of piperidine rings is 1. The second-order valence-electron chi connectivity index (χ2n) is 5.49. The molecule has 118 valence electrons. The second-order valence-corrected chi connectivity index (χ2v) is 5.49. The molecule has 2 amide bonds. The van der Waals surface area contributed by atoms with Crippen LogP contribution in [0.2, 0.25) is 0 Å². The third kappa shape index (κ3) is 3.10. The monoisotopic (exact) mass is 304 g/mol. The lowest BCUT2D eigenvalue weighted by Gasteiger charge is -2.37. The summed E-state index contributed by atoms with van der Waals surface area (Å²) >= 11 is 0. The number of likely N-dealkylation sites (N-methyl/N-ethyl adjacent to an activating group) is 1. The molecule has 1 aliphatic heterocycles. The molecule has 0 spiro atoms. The molecule has 1 aromatic carbocycles. The lowest BCUT2D eigenvalue weighted by molar-refractivity contribution is -0.152. The highest BCUT2D eigenvalue weighted by atomic mass is 16.4. The Kier molecular flexibility index (Phi) is 4.80. The molecular formula is C16H20N2O4. The molecule has 2 rings (SSSR count). The molecule has 0 unspecified atom stereocenters. The van der Waals surface area contributed by atoms with Crippen LogP contribution in [0.4, 0.5) is 5.69 Å². The fourth-order valence-electron chi connectivity index (χ4n) is 2.64. The van der Waals surface area contributed by atoms with Crippen LogP contribution in [-0.4, -0.2) is 47.4 Å². The average molecular weight is 304 g/mol. The fraction of sp³-hybridized carbons (Fsp3) is 0.438. The normalized spacial score (nSPS) is 19.6. The molecular weight excluding hydrogens is 284 g/mol. The van der Waals surface area contributed by atoms with Gasteiger partial charge in [-0.25, -0.2) is 0 Å². The Hall–Kier alpha value is -2.37. The Morgan fingerprint density at radius 1 is 1.32 bits per heavy atom. The molecule has 2 atom stereocenters. The summed E-state index contributed by atoms with van der Waals surface area (Å²) in [5, 5.41) is 8.95. The van der Waals surface area contributed by atoms with E-state index in [0.29, 0.717) is 13.0 Å². The Balaban J connectivity index is 2.16. The first-order chi connectivity index (χ1) is 10.4. The molecule has 6 heteroatoms. The lowest BCUT2D eigenvalue weighted by Crippen LogP contribution is -2.54. The van der Waals surface area contributed by atoms with Crippen molar-refractivity contribution in [2.24, 2.45) is 5.92 Å². The third-order valence-corrected chi connectivity index (χ3v) is 4.03. The number of hydrogen-bond donors (Lipinski definition) is 1. The van der Waals surface area contributed by atoms with Crippen molar-refractivity contribution in [1.82, 2.24) is 4.90 Å². The minimum Gasteiger partial charge on any atom is -0.481 e. The number of hydrogen-bond acceptors (Lipinski definition) is 3. The number of carbonyl (C=O) groups excluding carboxylic acids is 2. The molecule has 0 radical (unpaired) electrons. The van der Waals surface area contributed by atoms with Gasteiger partial charge in [0.2, 0.25) is 11.8 Å². The number of rotatable bonds is 4. The summed E-state index contributed by atoms with van der Waals surface area (Å²) < 4.78 is 0. The Bertz CT molecular complexity index is 573. The largest absolute Gasteiger partial charge is 0.481 e. The molecule has 1 aliphatic rings. The van der Waals surface area contributed by atoms with Gasteiger partial charge in [-0.3, -0.25) is 14.4 Å². The van der Waals surface area contributed by atoms with E-state index < -0.39 is 23.8 Å². The second kappa shape index (κ2) is 6.60. The van der Waals surface area contributed by atoms with Crippen LogP contribution in [0.15, 0.2) is 30.3 Å². The zero-order valence-corrected chi connectivity index (χ0v) is 12.7. The minimum atomic E-state index is -1.18. The minimum absolute atomic E-state index is 0.161. The van der Waals surface area contributed by atoms with E-state index in [9.17, 15) is 14.4 Å². The molecule has 1 heterocycles. The van der Waals surface area contributed by atoms with Crippen LogP contribution in [0, 0.1) is 5.92 Å². The summed E-state index contributed by atoms with van der Waals surface area (Å²) in [6.45, 7) is 1.94. The van der Waals surface area contributed by atoms with Crippen LogP contribution in [0.25, 0.3) is 0 Å². The van der Waals surface area contributed by atoms with E-state index in [0.717, 1.165) is 12.1 Å². The SMILES string of the molecule is C[C@H](C(=O)O)C(=O)N(C)[C@@H]1CCCN(c2ccccc2)C1=O. The number of anilines is 1. The number of amides is 2. The van der Waals surface area contributed by atoms with Gasteiger partial charge in [0.1, 0.15) is 12.0 Å². The first kappa shape index (κ1) is 16.0. The molecule has 0 aromatic heterocycles. The fourth-order valence-corrected chi connectivity index (χ4v) is 2.64. The molecule has 0 saturated carbocycles. The first-order valence-corrected chi connectivity index (χ1v) is 7.29. The number of para-hydroxylation sites is 1. The van der Waals surface area contributed by atoms with Gasteiger partial charge >= 0.3 is 5.97 Å². The number of carboxylic acids is 1. The van der Waals surface area contributed by atoms with Crippen LogP contribution in [0.3, 0.4) is 0 Å². The van der Waals surface area contributed by atoms with E-state index in [4.69, 9.17) is 5.11 Å². The molecule has 1 N–H and O–H groups in total. The van der Waals surface area contributed by atoms with E-state index in [1.807, 2.05) is 30.3 Å². The maximum Gasteiger partial charge on any atom is 0.315 e. The highest BCUT2D eigenvalue weighted by Crippen LogP contribution is 2.23. The van der Waals surface area contributed by atoms with Gasteiger partial charge in [0.05, 0.1) is 0 Å². The van der Waals surface area contributed by atoms with Crippen LogP contribution in [0.5, 0.6) is 0 Å². The predicted octanol–water partition coefficient (Wildman–Crippen LogP) is 1.36. The van der Waals surface area contributed by atoms with Gasteiger partial charge in [-0.2, -0.15) is 0 Å². The maximum absolute atomic E-state index is 12.6. The summed E-state index contributed by atoms with van der Waals surface area (Å²) in [5.41, 5.74) is 0.796. The van der Waals surface area contributed by atoms with Crippen LogP contribution in [0.1, 0.15) is 19.8 Å². The summed E-state index contributed by atoms with van der Waals surface area (Å²) in [5.74, 6) is -3.03.